The number of rotatable bonds is 4. The van der Waals surface area contributed by atoms with Gasteiger partial charge in [-0.15, -0.1) is 0 Å². The average molecular weight is 292 g/mol. The molecule has 114 valence electrons. The molecule has 2 aliphatic carbocycles. The van der Waals surface area contributed by atoms with E-state index in [1.165, 1.54) is 0 Å². The number of furan rings is 1. The Morgan fingerprint density at radius 2 is 1.38 bits per heavy atom. The topological polar surface area (TPSA) is 87.7 Å². The van der Waals surface area contributed by atoms with Crippen molar-refractivity contribution in [3.05, 3.63) is 22.6 Å². The van der Waals surface area contributed by atoms with Crippen molar-refractivity contribution < 1.29 is 24.2 Å². The van der Waals surface area contributed by atoms with Crippen LogP contribution >= 0.6 is 0 Å². The number of carboxylic acids is 2. The van der Waals surface area contributed by atoms with Crippen LogP contribution in [0.5, 0.6) is 0 Å². The Morgan fingerprint density at radius 1 is 0.857 bits per heavy atom. The Bertz CT molecular complexity index is 559. The third-order valence-electron chi connectivity index (χ3n) is 4.87. The van der Waals surface area contributed by atoms with Crippen LogP contribution in [0.25, 0.3) is 0 Å². The minimum absolute atomic E-state index is 0.101. The summed E-state index contributed by atoms with van der Waals surface area (Å²) in [5.41, 5.74) is 0.584. The zero-order valence-corrected chi connectivity index (χ0v) is 11.9. The zero-order chi connectivity index (χ0) is 15.0. The van der Waals surface area contributed by atoms with Crippen molar-refractivity contribution in [3.8, 4) is 0 Å². The second-order valence-electron chi connectivity index (χ2n) is 6.16. The maximum Gasteiger partial charge on any atom is 0.372 e. The van der Waals surface area contributed by atoms with Crippen molar-refractivity contribution in [2.24, 2.45) is 0 Å². The summed E-state index contributed by atoms with van der Waals surface area (Å²) in [5, 5.41) is 18.8. The van der Waals surface area contributed by atoms with Gasteiger partial charge in [0, 0.05) is 11.5 Å². The molecule has 0 atom stereocenters. The molecule has 0 spiro atoms. The molecule has 2 fully saturated rings. The first kappa shape index (κ1) is 14.2. The summed E-state index contributed by atoms with van der Waals surface area (Å²) in [4.78, 5) is 23.0. The molecule has 1 heterocycles. The van der Waals surface area contributed by atoms with Crippen LogP contribution in [0.3, 0.4) is 0 Å². The Hall–Kier alpha value is -1.78. The van der Waals surface area contributed by atoms with E-state index in [9.17, 15) is 19.8 Å². The largest absolute Gasteiger partial charge is 0.478 e. The lowest BCUT2D eigenvalue weighted by Crippen LogP contribution is -2.10. The Balaban J connectivity index is 2.14. The average Bonchev–Trinajstić information content (AvgIpc) is 3.17. The Labute approximate surface area is 123 Å². The first-order valence-electron chi connectivity index (χ1n) is 7.72. The Kier molecular flexibility index (Phi) is 3.74. The summed E-state index contributed by atoms with van der Waals surface area (Å²) >= 11 is 0. The summed E-state index contributed by atoms with van der Waals surface area (Å²) in [6, 6.07) is 0. The third kappa shape index (κ3) is 2.45. The highest BCUT2D eigenvalue weighted by atomic mass is 16.4. The van der Waals surface area contributed by atoms with Gasteiger partial charge < -0.3 is 14.6 Å². The molecule has 0 aromatic carbocycles. The highest BCUT2D eigenvalue weighted by Crippen LogP contribution is 2.46. The maximum absolute atomic E-state index is 11.6. The molecule has 0 radical (unpaired) electrons. The van der Waals surface area contributed by atoms with Gasteiger partial charge in [-0.3, -0.25) is 0 Å². The van der Waals surface area contributed by atoms with Gasteiger partial charge in [-0.2, -0.15) is 0 Å². The van der Waals surface area contributed by atoms with Crippen molar-refractivity contribution in [3.63, 3.8) is 0 Å². The van der Waals surface area contributed by atoms with Gasteiger partial charge in [-0.25, -0.2) is 9.59 Å². The van der Waals surface area contributed by atoms with Crippen LogP contribution in [0.1, 0.15) is 95.4 Å². The first-order chi connectivity index (χ1) is 10.1. The van der Waals surface area contributed by atoms with E-state index in [-0.39, 0.29) is 23.2 Å². The van der Waals surface area contributed by atoms with Gasteiger partial charge in [0.1, 0.15) is 11.3 Å². The fourth-order valence-electron chi connectivity index (χ4n) is 3.94. The SMILES string of the molecule is O=C(O)c1oc(C2CCCC2)c(C2CCCC2)c1C(=O)O. The fraction of sp³-hybridized carbons (Fsp3) is 0.625. The second-order valence-corrected chi connectivity index (χ2v) is 6.16. The van der Waals surface area contributed by atoms with Gasteiger partial charge in [0.15, 0.2) is 0 Å². The number of aromatic carboxylic acids is 2. The zero-order valence-electron chi connectivity index (χ0n) is 11.9. The van der Waals surface area contributed by atoms with Crippen LogP contribution in [0.4, 0.5) is 0 Å². The van der Waals surface area contributed by atoms with Crippen LogP contribution in [0, 0.1) is 0 Å². The van der Waals surface area contributed by atoms with Gasteiger partial charge in [0.25, 0.3) is 0 Å². The number of hydrogen-bond donors (Lipinski definition) is 2. The van der Waals surface area contributed by atoms with Gasteiger partial charge in [0.05, 0.1) is 0 Å². The summed E-state index contributed by atoms with van der Waals surface area (Å²) in [5.74, 6) is -1.87. The van der Waals surface area contributed by atoms with Crippen molar-refractivity contribution in [1.29, 1.82) is 0 Å². The molecule has 0 bridgehead atoms. The van der Waals surface area contributed by atoms with E-state index >= 15 is 0 Å². The summed E-state index contributed by atoms with van der Waals surface area (Å²) in [6.07, 6.45) is 8.12. The molecule has 1 aromatic heterocycles. The van der Waals surface area contributed by atoms with Gasteiger partial charge in [-0.05, 0) is 31.6 Å². The molecular formula is C16H20O5. The molecule has 5 nitrogen and oxygen atoms in total. The summed E-state index contributed by atoms with van der Waals surface area (Å²) in [6.45, 7) is 0. The second kappa shape index (κ2) is 5.54. The van der Waals surface area contributed by atoms with Gasteiger partial charge in [0.2, 0.25) is 5.76 Å². The monoisotopic (exact) mass is 292 g/mol. The number of hydrogen-bond acceptors (Lipinski definition) is 3. The predicted octanol–water partition coefficient (Wildman–Crippen LogP) is 3.99. The third-order valence-corrected chi connectivity index (χ3v) is 4.87. The lowest BCUT2D eigenvalue weighted by molar-refractivity contribution is 0.0623. The molecule has 0 amide bonds. The van der Waals surface area contributed by atoms with Crippen LogP contribution in [0.15, 0.2) is 4.42 Å². The molecule has 0 saturated heterocycles. The molecule has 3 rings (SSSR count). The van der Waals surface area contributed by atoms with E-state index in [4.69, 9.17) is 4.42 Å². The molecular weight excluding hydrogens is 272 g/mol. The van der Waals surface area contributed by atoms with E-state index < -0.39 is 11.9 Å². The minimum atomic E-state index is -1.28. The highest BCUT2D eigenvalue weighted by Gasteiger charge is 2.37. The van der Waals surface area contributed by atoms with E-state index in [1.807, 2.05) is 0 Å². The van der Waals surface area contributed by atoms with Crippen LogP contribution in [-0.2, 0) is 0 Å². The number of carboxylic acid groups (broad SMARTS) is 2. The first-order valence-corrected chi connectivity index (χ1v) is 7.72. The highest BCUT2D eigenvalue weighted by molar-refractivity contribution is 6.01. The number of carbonyl (C=O) groups is 2. The lowest BCUT2D eigenvalue weighted by atomic mass is 9.88. The quantitative estimate of drug-likeness (QED) is 0.876. The van der Waals surface area contributed by atoms with E-state index in [2.05, 4.69) is 0 Å². The molecule has 2 aliphatic rings. The smallest absolute Gasteiger partial charge is 0.372 e. The fourth-order valence-corrected chi connectivity index (χ4v) is 3.94. The standard InChI is InChI=1S/C16H20O5/c17-15(18)12-11(9-5-1-2-6-9)13(10-7-3-4-8-10)21-14(12)16(19)20/h9-10H,1-8H2,(H,17,18)(H,19,20). The van der Waals surface area contributed by atoms with Gasteiger partial charge in [-0.1, -0.05) is 25.7 Å². The molecule has 5 heteroatoms. The lowest BCUT2D eigenvalue weighted by Gasteiger charge is -2.14. The predicted molar refractivity (Wildman–Crippen MR) is 75.0 cm³/mol. The molecule has 2 saturated carbocycles. The van der Waals surface area contributed by atoms with Crippen LogP contribution < -0.4 is 0 Å². The molecule has 2 N–H and O–H groups in total. The van der Waals surface area contributed by atoms with Crippen molar-refractivity contribution in [2.75, 3.05) is 0 Å². The molecule has 0 unspecified atom stereocenters. The van der Waals surface area contributed by atoms with Crippen molar-refractivity contribution in [2.45, 2.75) is 63.2 Å². The van der Waals surface area contributed by atoms with E-state index in [0.29, 0.717) is 11.3 Å². The van der Waals surface area contributed by atoms with Crippen LogP contribution in [-0.4, -0.2) is 22.2 Å². The molecule has 21 heavy (non-hydrogen) atoms. The summed E-state index contributed by atoms with van der Waals surface area (Å²) < 4.78 is 5.58. The van der Waals surface area contributed by atoms with E-state index in [1.54, 1.807) is 0 Å². The minimum Gasteiger partial charge on any atom is -0.478 e. The molecule has 0 aliphatic heterocycles. The van der Waals surface area contributed by atoms with E-state index in [0.717, 1.165) is 51.4 Å². The van der Waals surface area contributed by atoms with Crippen molar-refractivity contribution in [1.82, 2.24) is 0 Å². The summed E-state index contributed by atoms with van der Waals surface area (Å²) in [7, 11) is 0. The maximum atomic E-state index is 11.6. The molecule has 1 aromatic rings. The van der Waals surface area contributed by atoms with Crippen molar-refractivity contribution >= 4 is 11.9 Å². The Morgan fingerprint density at radius 3 is 1.86 bits per heavy atom. The normalized spacial score (nSPS) is 20.2. The van der Waals surface area contributed by atoms with Gasteiger partial charge >= 0.3 is 11.9 Å². The van der Waals surface area contributed by atoms with Crippen LogP contribution in [0.2, 0.25) is 0 Å².